The molecule has 0 aliphatic rings. The molecule has 0 saturated heterocycles. The Morgan fingerprint density at radius 1 is 1.05 bits per heavy atom. The van der Waals surface area contributed by atoms with E-state index >= 15 is 0 Å². The molecule has 2 aromatic carbocycles. The molecular formula is C17H13Cl2NO. The molecule has 0 radical (unpaired) electrons. The van der Waals surface area contributed by atoms with Gasteiger partial charge in [-0.3, -0.25) is 9.36 Å². The fraction of sp³-hybridized carbons (Fsp3) is 0.118. The normalized spacial score (nSPS) is 12.5. The average molecular weight is 318 g/mol. The summed E-state index contributed by atoms with van der Waals surface area (Å²) in [5.74, 6) is 0. The van der Waals surface area contributed by atoms with Crippen molar-refractivity contribution >= 4 is 34.0 Å². The molecule has 0 amide bonds. The van der Waals surface area contributed by atoms with Crippen molar-refractivity contribution < 1.29 is 0 Å². The zero-order valence-electron chi connectivity index (χ0n) is 11.4. The smallest absolute Gasteiger partial charge is 0.264 e. The second-order valence-electron chi connectivity index (χ2n) is 4.87. The Bertz CT molecular complexity index is 854. The lowest BCUT2D eigenvalue weighted by Gasteiger charge is -2.16. The summed E-state index contributed by atoms with van der Waals surface area (Å²) in [6.45, 7) is 1.85. The first-order chi connectivity index (χ1) is 10.1. The minimum atomic E-state index is -0.290. The van der Waals surface area contributed by atoms with Crippen molar-refractivity contribution in [2.45, 2.75) is 12.3 Å². The summed E-state index contributed by atoms with van der Waals surface area (Å²) in [4.78, 5) is 12.9. The number of alkyl halides is 1. The van der Waals surface area contributed by atoms with Crippen LogP contribution >= 0.6 is 23.2 Å². The predicted molar refractivity (Wildman–Crippen MR) is 88.8 cm³/mol. The van der Waals surface area contributed by atoms with Gasteiger partial charge in [0.05, 0.1) is 15.8 Å². The number of benzene rings is 2. The SMILES string of the molecule is CC(Cl)c1cc2cccc(Cl)c2c(=O)n1-c1ccccc1. The van der Waals surface area contributed by atoms with Gasteiger partial charge in [0.15, 0.2) is 0 Å². The van der Waals surface area contributed by atoms with Gasteiger partial charge in [-0.2, -0.15) is 0 Å². The van der Waals surface area contributed by atoms with Crippen LogP contribution in [0.1, 0.15) is 18.0 Å². The summed E-state index contributed by atoms with van der Waals surface area (Å²) in [7, 11) is 0. The van der Waals surface area contributed by atoms with Gasteiger partial charge in [-0.05, 0) is 36.6 Å². The molecule has 0 bridgehead atoms. The molecule has 1 heterocycles. The number of para-hydroxylation sites is 1. The van der Waals surface area contributed by atoms with Crippen molar-refractivity contribution in [3.63, 3.8) is 0 Å². The molecule has 4 heteroatoms. The van der Waals surface area contributed by atoms with Gasteiger partial charge in [-0.25, -0.2) is 0 Å². The molecule has 2 nitrogen and oxygen atoms in total. The highest BCUT2D eigenvalue weighted by Crippen LogP contribution is 2.27. The van der Waals surface area contributed by atoms with Gasteiger partial charge >= 0.3 is 0 Å². The number of fused-ring (bicyclic) bond motifs is 1. The van der Waals surface area contributed by atoms with Crippen LogP contribution in [-0.2, 0) is 0 Å². The van der Waals surface area contributed by atoms with Crippen LogP contribution in [0, 0.1) is 0 Å². The van der Waals surface area contributed by atoms with Gasteiger partial charge in [0.1, 0.15) is 0 Å². The lowest BCUT2D eigenvalue weighted by atomic mass is 10.1. The molecule has 3 rings (SSSR count). The number of hydrogen-bond acceptors (Lipinski definition) is 1. The van der Waals surface area contributed by atoms with Crippen LogP contribution in [0.15, 0.2) is 59.4 Å². The lowest BCUT2D eigenvalue weighted by molar-refractivity contribution is 0.870. The average Bonchev–Trinajstić information content (AvgIpc) is 2.47. The van der Waals surface area contributed by atoms with Crippen molar-refractivity contribution in [3.8, 4) is 5.69 Å². The van der Waals surface area contributed by atoms with E-state index in [1.165, 1.54) is 0 Å². The van der Waals surface area contributed by atoms with E-state index < -0.39 is 0 Å². The highest BCUT2D eigenvalue weighted by atomic mass is 35.5. The second-order valence-corrected chi connectivity index (χ2v) is 5.93. The minimum absolute atomic E-state index is 0.146. The van der Waals surface area contributed by atoms with Crippen LogP contribution in [-0.4, -0.2) is 4.57 Å². The molecule has 0 saturated carbocycles. The maximum Gasteiger partial charge on any atom is 0.264 e. The molecule has 3 aromatic rings. The zero-order chi connectivity index (χ0) is 15.0. The molecule has 0 N–H and O–H groups in total. The van der Waals surface area contributed by atoms with Crippen molar-refractivity contribution in [1.29, 1.82) is 0 Å². The van der Waals surface area contributed by atoms with Crippen LogP contribution in [0.3, 0.4) is 0 Å². The number of rotatable bonds is 2. The first-order valence-corrected chi connectivity index (χ1v) is 7.44. The first-order valence-electron chi connectivity index (χ1n) is 6.63. The Kier molecular flexibility index (Phi) is 3.75. The third kappa shape index (κ3) is 2.45. The van der Waals surface area contributed by atoms with Gasteiger partial charge < -0.3 is 0 Å². The molecule has 21 heavy (non-hydrogen) atoms. The lowest BCUT2D eigenvalue weighted by Crippen LogP contribution is -2.22. The highest BCUT2D eigenvalue weighted by Gasteiger charge is 2.15. The van der Waals surface area contributed by atoms with Gasteiger partial charge in [0.25, 0.3) is 5.56 Å². The minimum Gasteiger partial charge on any atom is -0.279 e. The Morgan fingerprint density at radius 2 is 1.76 bits per heavy atom. The van der Waals surface area contributed by atoms with Crippen LogP contribution in [0.5, 0.6) is 0 Å². The maximum atomic E-state index is 12.9. The summed E-state index contributed by atoms with van der Waals surface area (Å²) in [6.07, 6.45) is 0. The number of hydrogen-bond donors (Lipinski definition) is 0. The van der Waals surface area contributed by atoms with Crippen LogP contribution in [0.2, 0.25) is 5.02 Å². The summed E-state index contributed by atoms with van der Waals surface area (Å²) >= 11 is 12.5. The maximum absolute atomic E-state index is 12.9. The molecule has 0 aliphatic carbocycles. The van der Waals surface area contributed by atoms with Crippen LogP contribution < -0.4 is 5.56 Å². The quantitative estimate of drug-likeness (QED) is 0.613. The fourth-order valence-electron chi connectivity index (χ4n) is 2.48. The van der Waals surface area contributed by atoms with E-state index in [-0.39, 0.29) is 10.9 Å². The van der Waals surface area contributed by atoms with E-state index in [1.54, 1.807) is 10.6 Å². The third-order valence-electron chi connectivity index (χ3n) is 3.45. The monoisotopic (exact) mass is 317 g/mol. The van der Waals surface area contributed by atoms with Crippen molar-refractivity contribution in [3.05, 3.63) is 75.7 Å². The van der Waals surface area contributed by atoms with Crippen molar-refractivity contribution in [2.75, 3.05) is 0 Å². The molecule has 1 aromatic heterocycles. The summed E-state index contributed by atoms with van der Waals surface area (Å²) in [5.41, 5.74) is 1.39. The number of nitrogens with zero attached hydrogens (tertiary/aromatic N) is 1. The topological polar surface area (TPSA) is 22.0 Å². The predicted octanol–water partition coefficient (Wildman–Crippen LogP) is 4.94. The van der Waals surface area contributed by atoms with E-state index in [0.717, 1.165) is 16.8 Å². The standard InChI is InChI=1S/C17H13Cl2NO/c1-11(18)15-10-12-6-5-9-14(19)16(12)17(21)20(15)13-7-3-2-4-8-13/h2-11H,1H3. The van der Waals surface area contributed by atoms with Crippen molar-refractivity contribution in [2.24, 2.45) is 0 Å². The third-order valence-corrected chi connectivity index (χ3v) is 3.98. The van der Waals surface area contributed by atoms with Crippen LogP contribution in [0.4, 0.5) is 0 Å². The molecule has 0 fully saturated rings. The van der Waals surface area contributed by atoms with Crippen LogP contribution in [0.25, 0.3) is 16.5 Å². The van der Waals surface area contributed by atoms with E-state index in [0.29, 0.717) is 10.4 Å². The Labute approximate surface area is 132 Å². The first kappa shape index (κ1) is 14.2. The molecule has 106 valence electrons. The van der Waals surface area contributed by atoms with Gasteiger partial charge in [0, 0.05) is 11.4 Å². The van der Waals surface area contributed by atoms with E-state index in [9.17, 15) is 4.79 Å². The molecule has 1 atom stereocenters. The molecular weight excluding hydrogens is 305 g/mol. The van der Waals surface area contributed by atoms with Crippen molar-refractivity contribution in [1.82, 2.24) is 4.57 Å². The van der Waals surface area contributed by atoms with Gasteiger partial charge in [-0.1, -0.05) is 41.9 Å². The second kappa shape index (κ2) is 5.55. The number of pyridine rings is 1. The van der Waals surface area contributed by atoms with E-state index in [1.807, 2.05) is 55.5 Å². The Hall–Kier alpha value is -1.77. The fourth-order valence-corrected chi connectivity index (χ4v) is 2.90. The molecule has 1 unspecified atom stereocenters. The van der Waals surface area contributed by atoms with E-state index in [4.69, 9.17) is 23.2 Å². The largest absolute Gasteiger partial charge is 0.279 e. The molecule has 0 spiro atoms. The Morgan fingerprint density at radius 3 is 2.43 bits per heavy atom. The number of halogens is 2. The Balaban J connectivity index is 2.47. The number of aromatic nitrogens is 1. The highest BCUT2D eigenvalue weighted by molar-refractivity contribution is 6.35. The summed E-state index contributed by atoms with van der Waals surface area (Å²) < 4.78 is 1.63. The summed E-state index contributed by atoms with van der Waals surface area (Å²) in [5, 5.41) is 1.49. The molecule has 0 aliphatic heterocycles. The summed E-state index contributed by atoms with van der Waals surface area (Å²) in [6, 6.07) is 16.8. The van der Waals surface area contributed by atoms with Gasteiger partial charge in [0.2, 0.25) is 0 Å². The zero-order valence-corrected chi connectivity index (χ0v) is 12.9. The van der Waals surface area contributed by atoms with E-state index in [2.05, 4.69) is 0 Å². The van der Waals surface area contributed by atoms with Gasteiger partial charge in [-0.15, -0.1) is 11.6 Å².